The van der Waals surface area contributed by atoms with E-state index in [1.165, 1.54) is 4.90 Å². The van der Waals surface area contributed by atoms with Crippen molar-refractivity contribution >= 4 is 35.6 Å². The van der Waals surface area contributed by atoms with Crippen LogP contribution in [0.2, 0.25) is 0 Å². The van der Waals surface area contributed by atoms with Crippen molar-refractivity contribution in [3.63, 3.8) is 0 Å². The van der Waals surface area contributed by atoms with Gasteiger partial charge in [-0.1, -0.05) is 45.0 Å². The Hall–Kier alpha value is -2.00. The molecule has 1 aromatic heterocycles. The van der Waals surface area contributed by atoms with Crippen LogP contribution in [0.25, 0.3) is 10.4 Å². The molecule has 9 heteroatoms. The average Bonchev–Trinajstić information content (AvgIpc) is 3.21. The summed E-state index contributed by atoms with van der Waals surface area (Å²) in [6, 6.07) is 6.82. The lowest BCUT2D eigenvalue weighted by molar-refractivity contribution is -0.141. The van der Waals surface area contributed by atoms with E-state index >= 15 is 0 Å². The van der Waals surface area contributed by atoms with Gasteiger partial charge in [0.05, 0.1) is 33.8 Å². The maximum atomic E-state index is 13.2. The molecule has 2 heterocycles. The summed E-state index contributed by atoms with van der Waals surface area (Å²) in [6.07, 6.45) is 1.21. The number of nitrogens with zero attached hydrogens (tertiary/aromatic N) is 2. The number of amides is 2. The third kappa shape index (κ3) is 5.09. The minimum Gasteiger partial charge on any atom is -0.391 e. The van der Waals surface area contributed by atoms with Crippen LogP contribution in [0.5, 0.6) is 0 Å². The third-order valence-electron chi connectivity index (χ3n) is 6.62. The van der Waals surface area contributed by atoms with Crippen molar-refractivity contribution in [3.05, 3.63) is 41.0 Å². The zero-order valence-electron chi connectivity index (χ0n) is 19.5. The molecule has 0 radical (unpaired) electrons. The second kappa shape index (κ2) is 9.33. The number of halogens is 1. The molecule has 1 aromatic carbocycles. The second-order valence-corrected chi connectivity index (χ2v) is 11.0. The molecule has 1 unspecified atom stereocenters. The summed E-state index contributed by atoms with van der Waals surface area (Å²) in [5, 5.41) is 13.4. The summed E-state index contributed by atoms with van der Waals surface area (Å²) >= 11 is 1.61. The number of aliphatic hydroxyl groups excluding tert-OH is 1. The molecule has 7 nitrogen and oxygen atoms in total. The number of benzene rings is 1. The van der Waals surface area contributed by atoms with Crippen molar-refractivity contribution in [1.29, 1.82) is 0 Å². The van der Waals surface area contributed by atoms with Crippen molar-refractivity contribution < 1.29 is 14.7 Å². The van der Waals surface area contributed by atoms with Gasteiger partial charge in [-0.2, -0.15) is 0 Å². The third-order valence-corrected chi connectivity index (χ3v) is 7.60. The van der Waals surface area contributed by atoms with E-state index in [-0.39, 0.29) is 37.2 Å². The lowest BCUT2D eigenvalue weighted by Gasteiger charge is -2.33. The normalized spacial score (nSPS) is 22.4. The smallest absolute Gasteiger partial charge is 0.243 e. The molecule has 33 heavy (non-hydrogen) atoms. The van der Waals surface area contributed by atoms with E-state index in [0.29, 0.717) is 0 Å². The summed E-state index contributed by atoms with van der Waals surface area (Å²) in [6.45, 7) is 7.82. The number of nitrogens with two attached hydrogens (primary N) is 1. The number of hydrogen-bond donors (Lipinski definition) is 3. The molecule has 3 atom stereocenters. The second-order valence-electron chi connectivity index (χ2n) is 10.2. The molecule has 1 aliphatic carbocycles. The Morgan fingerprint density at radius 2 is 1.91 bits per heavy atom. The number of aliphatic hydroxyl groups is 1. The molecule has 0 spiro atoms. The van der Waals surface area contributed by atoms with Crippen molar-refractivity contribution in [2.24, 2.45) is 11.1 Å². The minimum atomic E-state index is -0.735. The van der Waals surface area contributed by atoms with E-state index in [1.807, 2.05) is 33.2 Å². The Kier molecular flexibility index (Phi) is 7.24. The lowest BCUT2D eigenvalue weighted by Crippen LogP contribution is -2.55. The monoisotopic (exact) mass is 492 g/mol. The van der Waals surface area contributed by atoms with Gasteiger partial charge in [0.25, 0.3) is 0 Å². The van der Waals surface area contributed by atoms with Crippen molar-refractivity contribution in [2.45, 2.75) is 70.7 Å². The van der Waals surface area contributed by atoms with Crippen LogP contribution in [0.15, 0.2) is 29.8 Å². The summed E-state index contributed by atoms with van der Waals surface area (Å²) in [5.41, 5.74) is 10.4. The van der Waals surface area contributed by atoms with Gasteiger partial charge in [0.2, 0.25) is 11.8 Å². The number of aryl methyl sites for hydroxylation is 1. The number of likely N-dealkylation sites (tertiary alicyclic amines) is 1. The van der Waals surface area contributed by atoms with Crippen LogP contribution in [0.4, 0.5) is 0 Å². The van der Waals surface area contributed by atoms with Gasteiger partial charge in [-0.05, 0) is 36.3 Å². The van der Waals surface area contributed by atoms with Crippen LogP contribution in [-0.4, -0.2) is 51.5 Å². The Morgan fingerprint density at radius 3 is 2.42 bits per heavy atom. The standard InChI is InChI=1S/C24H32N4O3S.ClH/c1-14-19(32-13-26-14)15-5-7-16(8-6-15)24(9-10-24)27-21(30)18-11-17(29)12-28(18)22(31)20(25)23(2,3)4;/h5-8,13,17-18,20,29H,9-12,25H2,1-4H3,(H,27,30);1H/t17-,18+,20?;/m1./s1. The highest BCUT2D eigenvalue weighted by Gasteiger charge is 2.49. The minimum absolute atomic E-state index is 0. The molecule has 2 fully saturated rings. The van der Waals surface area contributed by atoms with Crippen LogP contribution >= 0.6 is 23.7 Å². The predicted octanol–water partition coefficient (Wildman–Crippen LogP) is 2.98. The number of aromatic nitrogens is 1. The first-order valence-electron chi connectivity index (χ1n) is 11.1. The first kappa shape index (κ1) is 25.6. The van der Waals surface area contributed by atoms with Gasteiger partial charge >= 0.3 is 0 Å². The number of rotatable bonds is 5. The molecule has 2 aromatic rings. The fourth-order valence-electron chi connectivity index (χ4n) is 4.30. The largest absolute Gasteiger partial charge is 0.391 e. The van der Waals surface area contributed by atoms with Crippen molar-refractivity contribution in [1.82, 2.24) is 15.2 Å². The molecule has 1 saturated carbocycles. The maximum Gasteiger partial charge on any atom is 0.243 e. The first-order chi connectivity index (χ1) is 15.0. The van der Waals surface area contributed by atoms with Crippen molar-refractivity contribution in [3.8, 4) is 10.4 Å². The highest BCUT2D eigenvalue weighted by molar-refractivity contribution is 7.13. The Labute approximate surface area is 205 Å². The molecule has 2 aliphatic rings. The van der Waals surface area contributed by atoms with Gasteiger partial charge in [-0.25, -0.2) is 4.98 Å². The highest BCUT2D eigenvalue weighted by atomic mass is 35.5. The van der Waals surface area contributed by atoms with E-state index < -0.39 is 29.1 Å². The van der Waals surface area contributed by atoms with E-state index in [4.69, 9.17) is 5.73 Å². The molecular weight excluding hydrogens is 460 g/mol. The molecule has 180 valence electrons. The highest BCUT2D eigenvalue weighted by Crippen LogP contribution is 2.46. The number of β-amino-alcohol motifs (C(OH)–C–C–N with tert-alkyl or cyclic N) is 1. The van der Waals surface area contributed by atoms with Crippen LogP contribution in [-0.2, 0) is 15.1 Å². The number of carbonyl (C=O) groups excluding carboxylic acids is 2. The predicted molar refractivity (Wildman–Crippen MR) is 132 cm³/mol. The lowest BCUT2D eigenvalue weighted by atomic mass is 9.86. The summed E-state index contributed by atoms with van der Waals surface area (Å²) in [7, 11) is 0. The number of carbonyl (C=O) groups is 2. The van der Waals surface area contributed by atoms with Gasteiger partial charge in [-0.3, -0.25) is 9.59 Å². The molecule has 0 bridgehead atoms. The number of nitrogens with one attached hydrogen (secondary N) is 1. The summed E-state index contributed by atoms with van der Waals surface area (Å²) in [5.74, 6) is -0.515. The summed E-state index contributed by atoms with van der Waals surface area (Å²) < 4.78 is 0. The van der Waals surface area contributed by atoms with Crippen LogP contribution in [0.1, 0.15) is 51.3 Å². The van der Waals surface area contributed by atoms with E-state index in [2.05, 4.69) is 34.6 Å². The summed E-state index contributed by atoms with van der Waals surface area (Å²) in [4.78, 5) is 33.2. The SMILES string of the molecule is Cc1ncsc1-c1ccc(C2(NC(=O)[C@@H]3C[C@@H](O)CN3C(=O)C(N)C(C)(C)C)CC2)cc1.Cl. The number of hydrogen-bond acceptors (Lipinski definition) is 6. The Bertz CT molecular complexity index is 1010. The van der Waals surface area contributed by atoms with Gasteiger partial charge in [0.1, 0.15) is 6.04 Å². The van der Waals surface area contributed by atoms with Gasteiger partial charge in [0.15, 0.2) is 0 Å². The first-order valence-corrected chi connectivity index (χ1v) is 12.0. The molecule has 1 saturated heterocycles. The number of thiazole rings is 1. The van der Waals surface area contributed by atoms with E-state index in [1.54, 1.807) is 11.3 Å². The van der Waals surface area contributed by atoms with Crippen LogP contribution < -0.4 is 11.1 Å². The van der Waals surface area contributed by atoms with E-state index in [0.717, 1.165) is 34.5 Å². The van der Waals surface area contributed by atoms with Gasteiger partial charge in [-0.15, -0.1) is 23.7 Å². The molecule has 4 N–H and O–H groups in total. The van der Waals surface area contributed by atoms with E-state index in [9.17, 15) is 14.7 Å². The van der Waals surface area contributed by atoms with Crippen molar-refractivity contribution in [2.75, 3.05) is 6.54 Å². The van der Waals surface area contributed by atoms with Gasteiger partial charge in [0, 0.05) is 13.0 Å². The quantitative estimate of drug-likeness (QED) is 0.594. The molecule has 4 rings (SSSR count). The van der Waals surface area contributed by atoms with Crippen LogP contribution in [0, 0.1) is 12.3 Å². The van der Waals surface area contributed by atoms with Crippen LogP contribution in [0.3, 0.4) is 0 Å². The maximum absolute atomic E-state index is 13.2. The van der Waals surface area contributed by atoms with Gasteiger partial charge < -0.3 is 21.1 Å². The zero-order chi connectivity index (χ0) is 23.3. The zero-order valence-corrected chi connectivity index (χ0v) is 21.1. The Balaban J connectivity index is 0.00000306. The molecular formula is C24H33ClN4O3S. The molecule has 1 aliphatic heterocycles. The fourth-order valence-corrected chi connectivity index (χ4v) is 5.12. The fraction of sp³-hybridized carbons (Fsp3) is 0.542. The Morgan fingerprint density at radius 1 is 1.27 bits per heavy atom. The average molecular weight is 493 g/mol. The molecule has 2 amide bonds. The topological polar surface area (TPSA) is 109 Å².